The van der Waals surface area contributed by atoms with Crippen molar-refractivity contribution in [3.8, 4) is 0 Å². The minimum Gasteiger partial charge on any atom is -0.378 e. The fourth-order valence-corrected chi connectivity index (χ4v) is 3.89. The highest BCUT2D eigenvalue weighted by Gasteiger charge is 2.22. The lowest BCUT2D eigenvalue weighted by Gasteiger charge is -2.30. The van der Waals surface area contributed by atoms with Gasteiger partial charge in [0, 0.05) is 18.7 Å². The second-order valence-corrected chi connectivity index (χ2v) is 6.86. The number of hydrogen-bond acceptors (Lipinski definition) is 3. The molecule has 17 heavy (non-hydrogen) atoms. The van der Waals surface area contributed by atoms with Gasteiger partial charge in [0.1, 0.15) is 0 Å². The lowest BCUT2D eigenvalue weighted by molar-refractivity contribution is 0.0116. The molecule has 0 saturated carbocycles. The molecule has 1 fully saturated rings. The minimum absolute atomic E-state index is 0.238. The van der Waals surface area contributed by atoms with E-state index in [1.54, 1.807) is 0 Å². The first-order valence-corrected chi connectivity index (χ1v) is 7.46. The predicted molar refractivity (Wildman–Crippen MR) is 74.3 cm³/mol. The summed E-state index contributed by atoms with van der Waals surface area (Å²) in [4.78, 5) is 0. The Labute approximate surface area is 116 Å². The van der Waals surface area contributed by atoms with Crippen LogP contribution in [0.4, 0.5) is 0 Å². The van der Waals surface area contributed by atoms with Gasteiger partial charge in [-0.15, -0.1) is 11.3 Å². The molecule has 0 spiro atoms. The van der Waals surface area contributed by atoms with Crippen molar-refractivity contribution in [2.24, 2.45) is 0 Å². The number of thiophene rings is 1. The zero-order valence-corrected chi connectivity index (χ0v) is 12.3. The van der Waals surface area contributed by atoms with Crippen molar-refractivity contribution in [1.29, 1.82) is 0 Å². The Morgan fingerprint density at radius 3 is 2.88 bits per heavy atom. The van der Waals surface area contributed by atoms with Gasteiger partial charge < -0.3 is 10.1 Å². The number of ether oxygens (including phenoxy) is 1. The molecule has 1 saturated heterocycles. The van der Waals surface area contributed by atoms with Crippen LogP contribution in [0, 0.1) is 0 Å². The van der Waals surface area contributed by atoms with E-state index in [9.17, 15) is 0 Å². The van der Waals surface area contributed by atoms with Gasteiger partial charge in [-0.2, -0.15) is 0 Å². The Hall–Kier alpha value is 0.200. The fraction of sp³-hybridized carbons (Fsp3) is 0.667. The van der Waals surface area contributed by atoms with Gasteiger partial charge in [-0.25, -0.2) is 0 Å². The Morgan fingerprint density at radius 1 is 1.53 bits per heavy atom. The van der Waals surface area contributed by atoms with E-state index in [4.69, 9.17) is 27.9 Å². The molecule has 5 heteroatoms. The number of rotatable bonds is 3. The highest BCUT2D eigenvalue weighted by atomic mass is 35.5. The first kappa shape index (κ1) is 13.6. The zero-order valence-electron chi connectivity index (χ0n) is 10.0. The lowest BCUT2D eigenvalue weighted by Crippen LogP contribution is -2.39. The third-order valence-electron chi connectivity index (χ3n) is 3.12. The van der Waals surface area contributed by atoms with Gasteiger partial charge in [0.25, 0.3) is 0 Å². The summed E-state index contributed by atoms with van der Waals surface area (Å²) in [6.07, 6.45) is 2.46. The van der Waals surface area contributed by atoms with Crippen LogP contribution in [0.5, 0.6) is 0 Å². The summed E-state index contributed by atoms with van der Waals surface area (Å²) in [6, 6.07) is 2.69. The maximum absolute atomic E-state index is 6.16. The number of hydrogen-bond donors (Lipinski definition) is 1. The third kappa shape index (κ3) is 3.58. The summed E-state index contributed by atoms with van der Waals surface area (Å²) in [5.41, 5.74) is 1.10. The second kappa shape index (κ2) is 5.89. The smallest absolute Gasteiger partial charge is 0.0991 e. The van der Waals surface area contributed by atoms with Gasteiger partial charge in [0.05, 0.1) is 14.8 Å². The summed E-state index contributed by atoms with van der Waals surface area (Å²) >= 11 is 13.5. The van der Waals surface area contributed by atoms with Crippen molar-refractivity contribution >= 4 is 34.5 Å². The molecule has 96 valence electrons. The summed E-state index contributed by atoms with van der Waals surface area (Å²) in [6.45, 7) is 5.08. The van der Waals surface area contributed by atoms with Crippen molar-refractivity contribution < 1.29 is 4.74 Å². The van der Waals surface area contributed by atoms with Crippen molar-refractivity contribution in [1.82, 2.24) is 5.32 Å². The average Bonchev–Trinajstić information content (AvgIpc) is 2.58. The molecule has 0 aromatic carbocycles. The molecule has 1 aliphatic heterocycles. The van der Waals surface area contributed by atoms with Crippen LogP contribution in [0.2, 0.25) is 8.67 Å². The predicted octanol–water partition coefficient (Wildman–Crippen LogP) is 4.27. The van der Waals surface area contributed by atoms with Gasteiger partial charge in [-0.1, -0.05) is 23.2 Å². The molecule has 1 aromatic heterocycles. The minimum atomic E-state index is 0.238. The largest absolute Gasteiger partial charge is 0.378 e. The fourth-order valence-electron chi connectivity index (χ4n) is 2.24. The lowest BCUT2D eigenvalue weighted by atomic mass is 10.0. The van der Waals surface area contributed by atoms with Gasteiger partial charge in [-0.05, 0) is 38.3 Å². The van der Waals surface area contributed by atoms with Crippen LogP contribution in [0.1, 0.15) is 38.3 Å². The molecule has 2 rings (SSSR count). The van der Waals surface area contributed by atoms with E-state index in [1.165, 1.54) is 11.3 Å². The quantitative estimate of drug-likeness (QED) is 0.898. The normalized spacial score (nSPS) is 27.1. The maximum atomic E-state index is 6.16. The highest BCUT2D eigenvalue weighted by Crippen LogP contribution is 2.35. The molecule has 1 aromatic rings. The average molecular weight is 294 g/mol. The van der Waals surface area contributed by atoms with E-state index in [1.807, 2.05) is 6.07 Å². The van der Waals surface area contributed by atoms with Crippen molar-refractivity contribution in [2.75, 3.05) is 6.61 Å². The SMILES string of the molecule is CC1CC(NC(C)c2cc(Cl)sc2Cl)CCO1. The summed E-state index contributed by atoms with van der Waals surface area (Å²) < 4.78 is 7.07. The Balaban J connectivity index is 1.96. The summed E-state index contributed by atoms with van der Waals surface area (Å²) in [5, 5.41) is 3.60. The Morgan fingerprint density at radius 2 is 2.29 bits per heavy atom. The van der Waals surface area contributed by atoms with E-state index in [2.05, 4.69) is 19.2 Å². The number of halogens is 2. The van der Waals surface area contributed by atoms with E-state index in [0.29, 0.717) is 12.1 Å². The third-order valence-corrected chi connectivity index (χ3v) is 4.64. The molecule has 0 amide bonds. The Bertz CT molecular complexity index is 383. The van der Waals surface area contributed by atoms with Crippen LogP contribution in [0.3, 0.4) is 0 Å². The van der Waals surface area contributed by atoms with Gasteiger partial charge >= 0.3 is 0 Å². The van der Waals surface area contributed by atoms with E-state index in [0.717, 1.165) is 33.7 Å². The van der Waals surface area contributed by atoms with Gasteiger partial charge in [-0.3, -0.25) is 0 Å². The summed E-state index contributed by atoms with van der Waals surface area (Å²) in [7, 11) is 0. The molecule has 3 unspecified atom stereocenters. The zero-order chi connectivity index (χ0) is 12.4. The van der Waals surface area contributed by atoms with Crippen LogP contribution in [0.25, 0.3) is 0 Å². The van der Waals surface area contributed by atoms with Crippen LogP contribution < -0.4 is 5.32 Å². The van der Waals surface area contributed by atoms with Gasteiger partial charge in [0.15, 0.2) is 0 Å². The second-order valence-electron chi connectivity index (χ2n) is 4.57. The first-order valence-electron chi connectivity index (χ1n) is 5.88. The van der Waals surface area contributed by atoms with Gasteiger partial charge in [0.2, 0.25) is 0 Å². The molecule has 3 atom stereocenters. The Kier molecular flexibility index (Phi) is 4.72. The molecule has 0 bridgehead atoms. The summed E-state index contributed by atoms with van der Waals surface area (Å²) in [5.74, 6) is 0. The molecule has 0 radical (unpaired) electrons. The molecule has 1 N–H and O–H groups in total. The van der Waals surface area contributed by atoms with Crippen molar-refractivity contribution in [3.05, 3.63) is 20.3 Å². The van der Waals surface area contributed by atoms with E-state index >= 15 is 0 Å². The van der Waals surface area contributed by atoms with Crippen molar-refractivity contribution in [2.45, 2.75) is 44.9 Å². The maximum Gasteiger partial charge on any atom is 0.0991 e. The molecule has 1 aliphatic rings. The molecular weight excluding hydrogens is 277 g/mol. The molecule has 2 heterocycles. The first-order chi connectivity index (χ1) is 8.06. The van der Waals surface area contributed by atoms with Crippen molar-refractivity contribution in [3.63, 3.8) is 0 Å². The monoisotopic (exact) mass is 293 g/mol. The topological polar surface area (TPSA) is 21.3 Å². The number of nitrogens with one attached hydrogen (secondary N) is 1. The van der Waals surface area contributed by atoms with E-state index in [-0.39, 0.29) is 6.04 Å². The highest BCUT2D eigenvalue weighted by molar-refractivity contribution is 7.20. The van der Waals surface area contributed by atoms with Crippen LogP contribution in [-0.4, -0.2) is 18.8 Å². The van der Waals surface area contributed by atoms with Crippen LogP contribution >= 0.6 is 34.5 Å². The van der Waals surface area contributed by atoms with Crippen LogP contribution in [0.15, 0.2) is 6.07 Å². The molecule has 0 aliphatic carbocycles. The van der Waals surface area contributed by atoms with Crippen LogP contribution in [-0.2, 0) is 4.74 Å². The molecule has 2 nitrogen and oxygen atoms in total. The van der Waals surface area contributed by atoms with E-state index < -0.39 is 0 Å². The standard InChI is InChI=1S/C12H17Cl2NOS/c1-7-5-9(3-4-16-7)15-8(2)10-6-11(13)17-12(10)14/h6-9,15H,3-5H2,1-2H3. The molecular formula is C12H17Cl2NOS.